The van der Waals surface area contributed by atoms with Crippen molar-refractivity contribution in [2.24, 2.45) is 0 Å². The maximum absolute atomic E-state index is 13.1. The largest absolute Gasteiger partial charge is 0.376 e. The fourth-order valence-corrected chi connectivity index (χ4v) is 5.06. The summed E-state index contributed by atoms with van der Waals surface area (Å²) in [6.07, 6.45) is 3.94. The average Bonchev–Trinajstić information content (AvgIpc) is 2.84. The Morgan fingerprint density at radius 1 is 1.28 bits per heavy atom. The zero-order chi connectivity index (χ0) is 20.7. The van der Waals surface area contributed by atoms with Gasteiger partial charge in [-0.05, 0) is 43.5 Å². The molecule has 0 unspecified atom stereocenters. The lowest BCUT2D eigenvalue weighted by Gasteiger charge is -2.18. The SMILES string of the molecule is Cc1c(C(=O)Nc2cc(Cl)ccc2N(C)C)sc2nc3n(c(=O)c12)CCCCC3. The molecule has 0 aliphatic carbocycles. The molecule has 1 aromatic carbocycles. The molecule has 3 aromatic rings. The van der Waals surface area contributed by atoms with Crippen LogP contribution < -0.4 is 15.8 Å². The number of halogens is 1. The van der Waals surface area contributed by atoms with Crippen LogP contribution in [0.3, 0.4) is 0 Å². The van der Waals surface area contributed by atoms with E-state index in [9.17, 15) is 9.59 Å². The van der Waals surface area contributed by atoms with E-state index in [1.165, 1.54) is 11.3 Å². The normalized spacial score (nSPS) is 13.8. The Hall–Kier alpha value is -2.38. The van der Waals surface area contributed by atoms with Crippen molar-refractivity contribution in [3.05, 3.63) is 49.8 Å². The lowest BCUT2D eigenvalue weighted by molar-refractivity contribution is 0.103. The molecule has 0 saturated carbocycles. The highest BCUT2D eigenvalue weighted by atomic mass is 35.5. The van der Waals surface area contributed by atoms with Gasteiger partial charge < -0.3 is 10.2 Å². The van der Waals surface area contributed by atoms with Crippen LogP contribution >= 0.6 is 22.9 Å². The molecule has 0 bridgehead atoms. The Bertz CT molecular complexity index is 1170. The number of carbonyl (C=O) groups is 1. The number of thiophene rings is 1. The van der Waals surface area contributed by atoms with E-state index in [0.29, 0.717) is 37.9 Å². The third-order valence-electron chi connectivity index (χ3n) is 5.31. The quantitative estimate of drug-likeness (QED) is 0.665. The van der Waals surface area contributed by atoms with Gasteiger partial charge in [0.15, 0.2) is 0 Å². The Kier molecular flexibility index (Phi) is 5.36. The number of rotatable bonds is 3. The summed E-state index contributed by atoms with van der Waals surface area (Å²) in [5.41, 5.74) is 2.14. The highest BCUT2D eigenvalue weighted by Gasteiger charge is 2.23. The molecule has 1 aliphatic rings. The summed E-state index contributed by atoms with van der Waals surface area (Å²) in [7, 11) is 3.81. The second-order valence-electron chi connectivity index (χ2n) is 7.54. The molecular formula is C21H23ClN4O2S. The van der Waals surface area contributed by atoms with Gasteiger partial charge in [-0.1, -0.05) is 18.0 Å². The fraction of sp³-hybridized carbons (Fsp3) is 0.381. The van der Waals surface area contributed by atoms with Crippen molar-refractivity contribution in [1.29, 1.82) is 0 Å². The van der Waals surface area contributed by atoms with Crippen molar-refractivity contribution in [2.75, 3.05) is 24.3 Å². The summed E-state index contributed by atoms with van der Waals surface area (Å²) in [4.78, 5) is 34.0. The molecule has 3 heterocycles. The first-order valence-electron chi connectivity index (χ1n) is 9.68. The Morgan fingerprint density at radius 2 is 2.07 bits per heavy atom. The number of hydrogen-bond donors (Lipinski definition) is 1. The number of fused-ring (bicyclic) bond motifs is 2. The van der Waals surface area contributed by atoms with Crippen molar-refractivity contribution in [3.63, 3.8) is 0 Å². The molecule has 0 spiro atoms. The van der Waals surface area contributed by atoms with Crippen LogP contribution in [0, 0.1) is 6.92 Å². The van der Waals surface area contributed by atoms with Crippen LogP contribution in [0.1, 0.15) is 40.3 Å². The minimum absolute atomic E-state index is 0.0311. The minimum Gasteiger partial charge on any atom is -0.376 e. The topological polar surface area (TPSA) is 67.2 Å². The maximum atomic E-state index is 13.1. The van der Waals surface area contributed by atoms with Crippen molar-refractivity contribution in [1.82, 2.24) is 9.55 Å². The van der Waals surface area contributed by atoms with E-state index in [1.807, 2.05) is 32.0 Å². The van der Waals surface area contributed by atoms with Crippen molar-refractivity contribution >= 4 is 50.4 Å². The Balaban J connectivity index is 1.76. The van der Waals surface area contributed by atoms with Crippen molar-refractivity contribution in [3.8, 4) is 0 Å². The van der Waals surface area contributed by atoms with Crippen LogP contribution in [0.2, 0.25) is 5.02 Å². The summed E-state index contributed by atoms with van der Waals surface area (Å²) in [5.74, 6) is 0.577. The van der Waals surface area contributed by atoms with Gasteiger partial charge >= 0.3 is 0 Å². The van der Waals surface area contributed by atoms with Gasteiger partial charge in [0.25, 0.3) is 11.5 Å². The van der Waals surface area contributed by atoms with E-state index in [4.69, 9.17) is 16.6 Å². The van der Waals surface area contributed by atoms with E-state index in [1.54, 1.807) is 16.7 Å². The van der Waals surface area contributed by atoms with E-state index < -0.39 is 0 Å². The molecule has 1 N–H and O–H groups in total. The number of nitrogens with zero attached hydrogens (tertiary/aromatic N) is 3. The van der Waals surface area contributed by atoms with Gasteiger partial charge in [0.05, 0.1) is 21.6 Å². The number of aromatic nitrogens is 2. The second-order valence-corrected chi connectivity index (χ2v) is 8.98. The Morgan fingerprint density at radius 3 is 2.83 bits per heavy atom. The summed E-state index contributed by atoms with van der Waals surface area (Å²) in [6.45, 7) is 2.52. The third-order valence-corrected chi connectivity index (χ3v) is 6.73. The van der Waals surface area contributed by atoms with Crippen LogP contribution in [0.5, 0.6) is 0 Å². The molecule has 29 heavy (non-hydrogen) atoms. The fourth-order valence-electron chi connectivity index (χ4n) is 3.80. The lowest BCUT2D eigenvalue weighted by atomic mass is 10.2. The first kappa shape index (κ1) is 19.9. The molecular weight excluding hydrogens is 408 g/mol. The van der Waals surface area contributed by atoms with E-state index in [0.717, 1.165) is 37.2 Å². The molecule has 0 saturated heterocycles. The predicted octanol–water partition coefficient (Wildman–Crippen LogP) is 4.46. The smallest absolute Gasteiger partial charge is 0.266 e. The van der Waals surface area contributed by atoms with Gasteiger partial charge in [-0.15, -0.1) is 11.3 Å². The maximum Gasteiger partial charge on any atom is 0.266 e. The van der Waals surface area contributed by atoms with Gasteiger partial charge in [-0.3, -0.25) is 14.2 Å². The molecule has 152 valence electrons. The molecule has 0 fully saturated rings. The number of hydrogen-bond acceptors (Lipinski definition) is 5. The monoisotopic (exact) mass is 430 g/mol. The average molecular weight is 431 g/mol. The molecule has 0 atom stereocenters. The number of aryl methyl sites for hydroxylation is 2. The lowest BCUT2D eigenvalue weighted by Crippen LogP contribution is -2.24. The summed E-state index contributed by atoms with van der Waals surface area (Å²) in [6, 6.07) is 5.38. The van der Waals surface area contributed by atoms with E-state index >= 15 is 0 Å². The summed E-state index contributed by atoms with van der Waals surface area (Å²) in [5, 5.41) is 4.06. The molecule has 1 aliphatic heterocycles. The molecule has 2 aromatic heterocycles. The minimum atomic E-state index is -0.254. The zero-order valence-electron chi connectivity index (χ0n) is 16.7. The van der Waals surface area contributed by atoms with Crippen molar-refractivity contribution < 1.29 is 4.79 Å². The first-order chi connectivity index (χ1) is 13.9. The number of nitrogens with one attached hydrogen (secondary N) is 1. The van der Waals surface area contributed by atoms with Crippen LogP contribution in [-0.2, 0) is 13.0 Å². The van der Waals surface area contributed by atoms with E-state index in [2.05, 4.69) is 5.32 Å². The highest BCUT2D eigenvalue weighted by molar-refractivity contribution is 7.20. The highest BCUT2D eigenvalue weighted by Crippen LogP contribution is 2.32. The molecule has 0 radical (unpaired) electrons. The van der Waals surface area contributed by atoms with Gasteiger partial charge in [0.1, 0.15) is 10.7 Å². The van der Waals surface area contributed by atoms with Crippen LogP contribution in [0.25, 0.3) is 10.2 Å². The number of carbonyl (C=O) groups excluding carboxylic acids is 1. The molecule has 6 nitrogen and oxygen atoms in total. The van der Waals surface area contributed by atoms with Crippen LogP contribution in [-0.4, -0.2) is 29.6 Å². The van der Waals surface area contributed by atoms with Gasteiger partial charge in [-0.2, -0.15) is 0 Å². The van der Waals surface area contributed by atoms with Gasteiger partial charge in [-0.25, -0.2) is 4.98 Å². The van der Waals surface area contributed by atoms with Gasteiger partial charge in [0, 0.05) is 32.1 Å². The zero-order valence-corrected chi connectivity index (χ0v) is 18.3. The van der Waals surface area contributed by atoms with Crippen LogP contribution in [0.4, 0.5) is 11.4 Å². The van der Waals surface area contributed by atoms with Crippen molar-refractivity contribution in [2.45, 2.75) is 39.2 Å². The molecule has 4 rings (SSSR count). The number of anilines is 2. The van der Waals surface area contributed by atoms with Gasteiger partial charge in [0.2, 0.25) is 0 Å². The Labute approximate surface area is 178 Å². The number of benzene rings is 1. The standard InChI is InChI=1S/C21H23ClN4O2S/c1-12-17-20(24-16-7-5-4-6-10-26(16)21(17)28)29-18(12)19(27)23-14-11-13(22)8-9-15(14)25(2)3/h8-9,11H,4-7,10H2,1-3H3,(H,23,27). The summed E-state index contributed by atoms with van der Waals surface area (Å²) >= 11 is 7.41. The summed E-state index contributed by atoms with van der Waals surface area (Å²) < 4.78 is 1.79. The molecule has 1 amide bonds. The number of amides is 1. The van der Waals surface area contributed by atoms with E-state index in [-0.39, 0.29) is 11.5 Å². The second kappa shape index (κ2) is 7.80. The first-order valence-corrected chi connectivity index (χ1v) is 10.9. The molecule has 8 heteroatoms. The third kappa shape index (κ3) is 3.65. The van der Waals surface area contributed by atoms with Crippen LogP contribution in [0.15, 0.2) is 23.0 Å². The predicted molar refractivity (Wildman–Crippen MR) is 120 cm³/mol.